The Morgan fingerprint density at radius 1 is 1.14 bits per heavy atom. The van der Waals surface area contributed by atoms with E-state index in [9.17, 15) is 18.0 Å². The molecular weight excluding hydrogens is 317 g/mol. The molecule has 2 aliphatic heterocycles. The van der Waals surface area contributed by atoms with Gasteiger partial charge in [0.2, 0.25) is 5.91 Å². The smallest absolute Gasteiger partial charge is 0.224 e. The number of carbonyl (C=O) groups excluding carboxylic acids is 1. The fourth-order valence-corrected chi connectivity index (χ4v) is 3.44. The molecule has 2 saturated heterocycles. The van der Waals surface area contributed by atoms with Crippen molar-refractivity contribution in [3.63, 3.8) is 0 Å². The first kappa shape index (κ1) is 17.1. The van der Waals surface area contributed by atoms with Crippen molar-refractivity contribution in [2.45, 2.75) is 44.2 Å². The van der Waals surface area contributed by atoms with Crippen LogP contribution in [0.3, 0.4) is 0 Å². The number of rotatable bonds is 3. The minimum Gasteiger partial charge on any atom is -0.326 e. The zero-order chi connectivity index (χ0) is 15.0. The maximum Gasteiger partial charge on any atom is 0.224 e. The van der Waals surface area contributed by atoms with Gasteiger partial charge < -0.3 is 10.6 Å². The van der Waals surface area contributed by atoms with Crippen LogP contribution in [0.5, 0.6) is 0 Å². The topological polar surface area (TPSA) is 41.1 Å². The molecule has 22 heavy (non-hydrogen) atoms. The van der Waals surface area contributed by atoms with Gasteiger partial charge in [0.1, 0.15) is 0 Å². The van der Waals surface area contributed by atoms with Crippen LogP contribution in [0, 0.1) is 23.4 Å². The number of fused-ring (bicyclic) bond motifs is 2. The summed E-state index contributed by atoms with van der Waals surface area (Å²) in [5.41, 5.74) is -0.0479. The third kappa shape index (κ3) is 3.73. The molecule has 2 atom stereocenters. The minimum absolute atomic E-state index is 0. The van der Waals surface area contributed by atoms with Crippen LogP contribution < -0.4 is 10.6 Å². The predicted octanol–water partition coefficient (Wildman–Crippen LogP) is 3.38. The molecule has 0 saturated carbocycles. The summed E-state index contributed by atoms with van der Waals surface area (Å²) in [7, 11) is 0. The normalized spacial score (nSPS) is 26.4. The number of amides is 1. The Balaban J connectivity index is 0.00000176. The quantitative estimate of drug-likeness (QED) is 0.832. The van der Waals surface area contributed by atoms with Crippen molar-refractivity contribution in [1.82, 2.24) is 5.32 Å². The minimum atomic E-state index is -1.53. The molecule has 122 valence electrons. The van der Waals surface area contributed by atoms with Crippen LogP contribution in [-0.4, -0.2) is 18.0 Å². The Labute approximate surface area is 133 Å². The van der Waals surface area contributed by atoms with E-state index >= 15 is 0 Å². The summed E-state index contributed by atoms with van der Waals surface area (Å²) in [4.78, 5) is 12.0. The van der Waals surface area contributed by atoms with Gasteiger partial charge in [0, 0.05) is 36.3 Å². The van der Waals surface area contributed by atoms with Gasteiger partial charge in [-0.05, 0) is 31.6 Å². The second kappa shape index (κ2) is 6.87. The first-order chi connectivity index (χ1) is 10.0. The first-order valence-electron chi connectivity index (χ1n) is 7.21. The third-order valence-electron chi connectivity index (χ3n) is 4.31. The SMILES string of the molecule is Cl.O=C(CC1CC2CCC(C1)N2)Nc1cc(F)c(F)c(F)c1. The van der Waals surface area contributed by atoms with Crippen LogP contribution in [-0.2, 0) is 4.79 Å². The van der Waals surface area contributed by atoms with E-state index in [4.69, 9.17) is 0 Å². The second-order valence-electron chi connectivity index (χ2n) is 5.98. The Kier molecular flexibility index (Phi) is 5.34. The van der Waals surface area contributed by atoms with E-state index in [0.717, 1.165) is 37.8 Å². The number of halogens is 4. The highest BCUT2D eigenvalue weighted by atomic mass is 35.5. The van der Waals surface area contributed by atoms with E-state index < -0.39 is 17.5 Å². The van der Waals surface area contributed by atoms with Crippen molar-refractivity contribution in [3.05, 3.63) is 29.6 Å². The lowest BCUT2D eigenvalue weighted by molar-refractivity contribution is -0.117. The van der Waals surface area contributed by atoms with Gasteiger partial charge in [-0.15, -0.1) is 12.4 Å². The van der Waals surface area contributed by atoms with Crippen molar-refractivity contribution in [2.24, 2.45) is 5.92 Å². The van der Waals surface area contributed by atoms with E-state index in [0.29, 0.717) is 24.4 Å². The fraction of sp³-hybridized carbons (Fsp3) is 0.533. The Morgan fingerprint density at radius 3 is 2.23 bits per heavy atom. The van der Waals surface area contributed by atoms with Crippen LogP contribution in [0.15, 0.2) is 12.1 Å². The number of carbonyl (C=O) groups is 1. The van der Waals surface area contributed by atoms with Crippen LogP contribution in [0.4, 0.5) is 18.9 Å². The number of nitrogens with one attached hydrogen (secondary N) is 2. The number of hydrogen-bond donors (Lipinski definition) is 2. The molecule has 2 N–H and O–H groups in total. The highest BCUT2D eigenvalue weighted by Crippen LogP contribution is 2.32. The molecule has 3 nitrogen and oxygen atoms in total. The summed E-state index contributed by atoms with van der Waals surface area (Å²) in [5.74, 6) is -4.12. The molecule has 2 fully saturated rings. The second-order valence-corrected chi connectivity index (χ2v) is 5.98. The number of benzene rings is 1. The molecule has 3 rings (SSSR count). The molecule has 1 aromatic carbocycles. The van der Waals surface area contributed by atoms with Gasteiger partial charge in [-0.2, -0.15) is 0 Å². The molecule has 1 aromatic rings. The van der Waals surface area contributed by atoms with Crippen LogP contribution in [0.1, 0.15) is 32.1 Å². The summed E-state index contributed by atoms with van der Waals surface area (Å²) < 4.78 is 39.0. The van der Waals surface area contributed by atoms with Crippen molar-refractivity contribution in [1.29, 1.82) is 0 Å². The molecule has 0 spiro atoms. The Hall–Kier alpha value is -1.27. The van der Waals surface area contributed by atoms with Gasteiger partial charge in [-0.3, -0.25) is 4.79 Å². The van der Waals surface area contributed by atoms with Gasteiger partial charge in [0.25, 0.3) is 0 Å². The zero-order valence-electron chi connectivity index (χ0n) is 11.9. The lowest BCUT2D eigenvalue weighted by Gasteiger charge is -2.28. The molecule has 2 unspecified atom stereocenters. The van der Waals surface area contributed by atoms with E-state index in [-0.39, 0.29) is 24.0 Å². The lowest BCUT2D eigenvalue weighted by Crippen LogP contribution is -2.39. The van der Waals surface area contributed by atoms with E-state index in [2.05, 4.69) is 10.6 Å². The van der Waals surface area contributed by atoms with Crippen molar-refractivity contribution in [2.75, 3.05) is 5.32 Å². The highest BCUT2D eigenvalue weighted by molar-refractivity contribution is 5.90. The van der Waals surface area contributed by atoms with Gasteiger partial charge >= 0.3 is 0 Å². The molecule has 2 bridgehead atoms. The van der Waals surface area contributed by atoms with Crippen molar-refractivity contribution in [3.8, 4) is 0 Å². The summed E-state index contributed by atoms with van der Waals surface area (Å²) >= 11 is 0. The molecular formula is C15H18ClF3N2O. The first-order valence-corrected chi connectivity index (χ1v) is 7.21. The molecule has 7 heteroatoms. The lowest BCUT2D eigenvalue weighted by atomic mass is 9.89. The van der Waals surface area contributed by atoms with Crippen molar-refractivity contribution >= 4 is 24.0 Å². The maximum atomic E-state index is 13.1. The molecule has 0 aromatic heterocycles. The summed E-state index contributed by atoms with van der Waals surface area (Å²) in [6.07, 6.45) is 4.54. The van der Waals surface area contributed by atoms with Crippen LogP contribution in [0.2, 0.25) is 0 Å². The van der Waals surface area contributed by atoms with Gasteiger partial charge in [-0.1, -0.05) is 0 Å². The highest BCUT2D eigenvalue weighted by Gasteiger charge is 2.34. The third-order valence-corrected chi connectivity index (χ3v) is 4.31. The zero-order valence-corrected chi connectivity index (χ0v) is 12.7. The van der Waals surface area contributed by atoms with Gasteiger partial charge in [-0.25, -0.2) is 13.2 Å². The van der Waals surface area contributed by atoms with Crippen LogP contribution >= 0.6 is 12.4 Å². The van der Waals surface area contributed by atoms with Gasteiger partial charge in [0.15, 0.2) is 17.5 Å². The average molecular weight is 335 g/mol. The largest absolute Gasteiger partial charge is 0.326 e. The summed E-state index contributed by atoms with van der Waals surface area (Å²) in [6, 6.07) is 2.56. The monoisotopic (exact) mass is 334 g/mol. The van der Waals surface area contributed by atoms with Crippen molar-refractivity contribution < 1.29 is 18.0 Å². The summed E-state index contributed by atoms with van der Waals surface area (Å²) in [6.45, 7) is 0. The number of anilines is 1. The van der Waals surface area contributed by atoms with E-state index in [1.165, 1.54) is 0 Å². The molecule has 0 aliphatic carbocycles. The molecule has 1 amide bonds. The van der Waals surface area contributed by atoms with E-state index in [1.54, 1.807) is 0 Å². The summed E-state index contributed by atoms with van der Waals surface area (Å²) in [5, 5.41) is 5.93. The molecule has 0 radical (unpaired) electrons. The average Bonchev–Trinajstić information content (AvgIpc) is 2.75. The number of hydrogen-bond acceptors (Lipinski definition) is 2. The Bertz CT molecular complexity index is 535. The van der Waals surface area contributed by atoms with E-state index in [1.807, 2.05) is 0 Å². The fourth-order valence-electron chi connectivity index (χ4n) is 3.44. The molecule has 2 heterocycles. The number of piperidine rings is 1. The van der Waals surface area contributed by atoms with Gasteiger partial charge in [0.05, 0.1) is 0 Å². The standard InChI is InChI=1S/C15H17F3N2O.ClH/c16-12-6-11(7-13(17)15(12)18)20-14(21)5-8-3-9-1-2-10(4-8)19-9;/h6-10,19H,1-5H2,(H,20,21);1H. The Morgan fingerprint density at radius 2 is 1.68 bits per heavy atom. The van der Waals surface area contributed by atoms with Crippen LogP contribution in [0.25, 0.3) is 0 Å². The molecule has 2 aliphatic rings. The predicted molar refractivity (Wildman–Crippen MR) is 79.5 cm³/mol. The maximum absolute atomic E-state index is 13.1.